The summed E-state index contributed by atoms with van der Waals surface area (Å²) in [6.07, 6.45) is 2.27. The largest absolute Gasteiger partial charge is 0.494 e. The minimum atomic E-state index is 0.338. The molecule has 1 heterocycles. The van der Waals surface area contributed by atoms with E-state index in [0.29, 0.717) is 18.6 Å². The molecule has 2 unspecified atom stereocenters. The van der Waals surface area contributed by atoms with Gasteiger partial charge < -0.3 is 14.8 Å². The maximum Gasteiger partial charge on any atom is 0.124 e. The van der Waals surface area contributed by atoms with Crippen molar-refractivity contribution >= 4 is 0 Å². The number of para-hydroxylation sites is 1. The van der Waals surface area contributed by atoms with Crippen molar-refractivity contribution < 1.29 is 9.47 Å². The van der Waals surface area contributed by atoms with E-state index in [-0.39, 0.29) is 0 Å². The van der Waals surface area contributed by atoms with Crippen LogP contribution in [-0.2, 0) is 4.74 Å². The molecule has 0 aromatic heterocycles. The Hall–Kier alpha value is -1.06. The zero-order valence-corrected chi connectivity index (χ0v) is 12.0. The number of hydrogen-bond acceptors (Lipinski definition) is 3. The third kappa shape index (κ3) is 3.71. The molecule has 1 aliphatic heterocycles. The minimum absolute atomic E-state index is 0.338. The average Bonchev–Trinajstić information content (AvgIpc) is 2.95. The molecule has 0 saturated carbocycles. The molecule has 2 atom stereocenters. The summed E-state index contributed by atoms with van der Waals surface area (Å²) in [5, 5.41) is 3.67. The van der Waals surface area contributed by atoms with Crippen molar-refractivity contribution in [3.63, 3.8) is 0 Å². The quantitative estimate of drug-likeness (QED) is 0.819. The van der Waals surface area contributed by atoms with Gasteiger partial charge in [0.25, 0.3) is 0 Å². The fraction of sp³-hybridized carbons (Fsp3) is 0.625. The van der Waals surface area contributed by atoms with E-state index >= 15 is 0 Å². The van der Waals surface area contributed by atoms with E-state index in [0.717, 1.165) is 38.3 Å². The molecule has 0 radical (unpaired) electrons. The molecular weight excluding hydrogens is 238 g/mol. The Bertz CT molecular complexity index is 375. The van der Waals surface area contributed by atoms with Crippen LogP contribution in [0.1, 0.15) is 38.3 Å². The molecule has 1 aliphatic rings. The van der Waals surface area contributed by atoms with Crippen LogP contribution in [0, 0.1) is 5.92 Å². The summed E-state index contributed by atoms with van der Waals surface area (Å²) >= 11 is 0. The van der Waals surface area contributed by atoms with Gasteiger partial charge in [-0.05, 0) is 32.4 Å². The van der Waals surface area contributed by atoms with Crippen LogP contribution in [0.3, 0.4) is 0 Å². The van der Waals surface area contributed by atoms with Crippen molar-refractivity contribution in [3.05, 3.63) is 29.8 Å². The van der Waals surface area contributed by atoms with Gasteiger partial charge in [0.2, 0.25) is 0 Å². The number of hydrogen-bond donors (Lipinski definition) is 1. The fourth-order valence-corrected chi connectivity index (χ4v) is 2.67. The highest BCUT2D eigenvalue weighted by atomic mass is 16.5. The topological polar surface area (TPSA) is 30.5 Å². The van der Waals surface area contributed by atoms with E-state index in [9.17, 15) is 0 Å². The van der Waals surface area contributed by atoms with Crippen LogP contribution < -0.4 is 10.1 Å². The smallest absolute Gasteiger partial charge is 0.124 e. The Morgan fingerprint density at radius 1 is 1.37 bits per heavy atom. The zero-order valence-electron chi connectivity index (χ0n) is 12.0. The number of rotatable bonds is 7. The lowest BCUT2D eigenvalue weighted by molar-refractivity contribution is 0.176. The Labute approximate surface area is 116 Å². The molecule has 0 bridgehead atoms. The molecule has 3 nitrogen and oxygen atoms in total. The van der Waals surface area contributed by atoms with Crippen molar-refractivity contribution in [2.45, 2.75) is 32.7 Å². The second-order valence-electron chi connectivity index (χ2n) is 5.03. The molecule has 106 valence electrons. The van der Waals surface area contributed by atoms with Crippen molar-refractivity contribution in [1.29, 1.82) is 0 Å². The average molecular weight is 263 g/mol. The standard InChI is InChI=1S/C16H25NO2/c1-3-10-17-16(13-9-11-18-12-13)14-7-5-6-8-15(14)19-4-2/h5-8,13,16-17H,3-4,9-12H2,1-2H3. The van der Waals surface area contributed by atoms with Crippen LogP contribution in [0.5, 0.6) is 5.75 Å². The summed E-state index contributed by atoms with van der Waals surface area (Å²) in [5.74, 6) is 1.55. The monoisotopic (exact) mass is 263 g/mol. The zero-order chi connectivity index (χ0) is 13.5. The van der Waals surface area contributed by atoms with Gasteiger partial charge in [-0.25, -0.2) is 0 Å². The van der Waals surface area contributed by atoms with Gasteiger partial charge in [-0.1, -0.05) is 25.1 Å². The number of nitrogens with one attached hydrogen (secondary N) is 1. The van der Waals surface area contributed by atoms with Crippen molar-refractivity contribution in [1.82, 2.24) is 5.32 Å². The van der Waals surface area contributed by atoms with Gasteiger partial charge in [0.1, 0.15) is 5.75 Å². The van der Waals surface area contributed by atoms with Gasteiger partial charge in [-0.15, -0.1) is 0 Å². The predicted molar refractivity (Wildman–Crippen MR) is 77.6 cm³/mol. The van der Waals surface area contributed by atoms with Gasteiger partial charge in [0.15, 0.2) is 0 Å². The Balaban J connectivity index is 2.20. The number of benzene rings is 1. The van der Waals surface area contributed by atoms with Crippen molar-refractivity contribution in [2.24, 2.45) is 5.92 Å². The summed E-state index contributed by atoms with van der Waals surface area (Å²) in [6.45, 7) is 7.70. The first-order valence-electron chi connectivity index (χ1n) is 7.39. The predicted octanol–water partition coefficient (Wildman–Crippen LogP) is 3.16. The number of ether oxygens (including phenoxy) is 2. The lowest BCUT2D eigenvalue weighted by atomic mass is 9.91. The lowest BCUT2D eigenvalue weighted by Crippen LogP contribution is -2.29. The van der Waals surface area contributed by atoms with Gasteiger partial charge >= 0.3 is 0 Å². The summed E-state index contributed by atoms with van der Waals surface area (Å²) in [7, 11) is 0. The highest BCUT2D eigenvalue weighted by Gasteiger charge is 2.28. The third-order valence-electron chi connectivity index (χ3n) is 3.60. The van der Waals surface area contributed by atoms with E-state index in [1.165, 1.54) is 5.56 Å². The van der Waals surface area contributed by atoms with E-state index in [1.54, 1.807) is 0 Å². The molecule has 1 fully saturated rings. The normalized spacial score (nSPS) is 20.4. The second kappa shape index (κ2) is 7.51. The Morgan fingerprint density at radius 2 is 2.21 bits per heavy atom. The first-order chi connectivity index (χ1) is 9.36. The first-order valence-corrected chi connectivity index (χ1v) is 7.39. The van der Waals surface area contributed by atoms with Crippen molar-refractivity contribution in [3.8, 4) is 5.75 Å². The minimum Gasteiger partial charge on any atom is -0.494 e. The van der Waals surface area contributed by atoms with Crippen LogP contribution in [0.4, 0.5) is 0 Å². The lowest BCUT2D eigenvalue weighted by Gasteiger charge is -2.26. The molecule has 0 spiro atoms. The van der Waals surface area contributed by atoms with Crippen LogP contribution in [0.2, 0.25) is 0 Å². The second-order valence-corrected chi connectivity index (χ2v) is 5.03. The maximum atomic E-state index is 5.78. The molecule has 1 N–H and O–H groups in total. The third-order valence-corrected chi connectivity index (χ3v) is 3.60. The Morgan fingerprint density at radius 3 is 2.89 bits per heavy atom. The molecule has 2 rings (SSSR count). The van der Waals surface area contributed by atoms with E-state index < -0.39 is 0 Å². The van der Waals surface area contributed by atoms with Crippen LogP contribution in [0.25, 0.3) is 0 Å². The van der Waals surface area contributed by atoms with Gasteiger partial charge in [-0.2, -0.15) is 0 Å². The van der Waals surface area contributed by atoms with Crippen LogP contribution >= 0.6 is 0 Å². The van der Waals surface area contributed by atoms with E-state index in [1.807, 2.05) is 13.0 Å². The molecule has 1 aromatic carbocycles. The molecule has 3 heteroatoms. The molecule has 1 aromatic rings. The summed E-state index contributed by atoms with van der Waals surface area (Å²) in [5.41, 5.74) is 1.27. The summed E-state index contributed by atoms with van der Waals surface area (Å²) < 4.78 is 11.3. The fourth-order valence-electron chi connectivity index (χ4n) is 2.67. The first kappa shape index (κ1) is 14.4. The van der Waals surface area contributed by atoms with Gasteiger partial charge in [0.05, 0.1) is 13.2 Å². The Kier molecular flexibility index (Phi) is 5.67. The molecule has 1 saturated heterocycles. The molecule has 0 amide bonds. The van der Waals surface area contributed by atoms with Crippen molar-refractivity contribution in [2.75, 3.05) is 26.4 Å². The highest BCUT2D eigenvalue weighted by molar-refractivity contribution is 5.36. The van der Waals surface area contributed by atoms with Crippen LogP contribution in [-0.4, -0.2) is 26.4 Å². The molecule has 0 aliphatic carbocycles. The van der Waals surface area contributed by atoms with Crippen LogP contribution in [0.15, 0.2) is 24.3 Å². The summed E-state index contributed by atoms with van der Waals surface area (Å²) in [4.78, 5) is 0. The van der Waals surface area contributed by atoms with Gasteiger partial charge in [-0.3, -0.25) is 0 Å². The SMILES string of the molecule is CCCNC(c1ccccc1OCC)C1CCOC1. The molecular formula is C16H25NO2. The van der Waals surface area contributed by atoms with Gasteiger partial charge in [0, 0.05) is 24.1 Å². The maximum absolute atomic E-state index is 5.78. The molecule has 19 heavy (non-hydrogen) atoms. The van der Waals surface area contributed by atoms with E-state index in [2.05, 4.69) is 30.4 Å². The highest BCUT2D eigenvalue weighted by Crippen LogP contribution is 2.34. The summed E-state index contributed by atoms with van der Waals surface area (Å²) in [6, 6.07) is 8.71. The van der Waals surface area contributed by atoms with E-state index in [4.69, 9.17) is 9.47 Å².